The molecule has 0 aliphatic heterocycles. The Hall–Kier alpha value is -1.42. The quantitative estimate of drug-likeness (QED) is 0.495. The van der Waals surface area contributed by atoms with Crippen molar-refractivity contribution in [3.8, 4) is 0 Å². The van der Waals surface area contributed by atoms with E-state index < -0.39 is 48.7 Å². The largest absolute Gasteiger partial charge is 0.460 e. The Morgan fingerprint density at radius 2 is 1.48 bits per heavy atom. The van der Waals surface area contributed by atoms with E-state index in [0.717, 1.165) is 18.0 Å². The first kappa shape index (κ1) is 21.6. The maximum absolute atomic E-state index is 13.5. The van der Waals surface area contributed by atoms with Crippen LogP contribution in [0.5, 0.6) is 0 Å². The van der Waals surface area contributed by atoms with Gasteiger partial charge in [0.25, 0.3) is 0 Å². The molecule has 136 valence electrons. The van der Waals surface area contributed by atoms with Gasteiger partial charge in [0.15, 0.2) is 0 Å². The second-order valence-corrected chi connectivity index (χ2v) is 4.92. The fourth-order valence-electron chi connectivity index (χ4n) is 1.53. The van der Waals surface area contributed by atoms with Crippen molar-refractivity contribution in [2.24, 2.45) is 5.92 Å². The van der Waals surface area contributed by atoms with Crippen molar-refractivity contribution in [3.63, 3.8) is 0 Å². The number of alkyl halides is 9. The van der Waals surface area contributed by atoms with Crippen molar-refractivity contribution < 1.29 is 44.3 Å². The van der Waals surface area contributed by atoms with Crippen molar-refractivity contribution >= 4 is 5.91 Å². The third kappa shape index (κ3) is 3.92. The number of likely N-dealkylation sites (N-methyl/N-ethyl adjacent to an activating group) is 1. The minimum atomic E-state index is -6.90. The first-order valence-corrected chi connectivity index (χ1v) is 6.11. The predicted octanol–water partition coefficient (Wildman–Crippen LogP) is 4.13. The van der Waals surface area contributed by atoms with E-state index in [0.29, 0.717) is 6.92 Å². The van der Waals surface area contributed by atoms with Crippen LogP contribution < -0.4 is 0 Å². The summed E-state index contributed by atoms with van der Waals surface area (Å²) in [4.78, 5) is 11.8. The van der Waals surface area contributed by atoms with Crippen LogP contribution in [0.1, 0.15) is 13.3 Å². The van der Waals surface area contributed by atoms with Crippen LogP contribution in [0.2, 0.25) is 0 Å². The van der Waals surface area contributed by atoms with Gasteiger partial charge in [-0.25, -0.2) is 0 Å². The van der Waals surface area contributed by atoms with Gasteiger partial charge in [-0.05, 0) is 12.5 Å². The molecule has 0 radical (unpaired) electrons. The number of carbonyl (C=O) groups excluding carboxylic acids is 1. The van der Waals surface area contributed by atoms with Crippen LogP contribution in [0.15, 0.2) is 12.7 Å². The minimum Gasteiger partial charge on any atom is -0.342 e. The highest BCUT2D eigenvalue weighted by molar-refractivity contribution is 5.86. The summed E-state index contributed by atoms with van der Waals surface area (Å²) in [5.41, 5.74) is 0. The zero-order valence-corrected chi connectivity index (χ0v) is 12.0. The first-order chi connectivity index (χ1) is 10.0. The van der Waals surface area contributed by atoms with Gasteiger partial charge < -0.3 is 4.90 Å². The van der Waals surface area contributed by atoms with E-state index in [9.17, 15) is 44.3 Å². The summed E-state index contributed by atoms with van der Waals surface area (Å²) in [7, 11) is 1.09. The van der Waals surface area contributed by atoms with Gasteiger partial charge in [0, 0.05) is 19.5 Å². The lowest BCUT2D eigenvalue weighted by atomic mass is 9.90. The van der Waals surface area contributed by atoms with E-state index in [1.807, 2.05) is 0 Å². The molecule has 0 aromatic carbocycles. The smallest absolute Gasteiger partial charge is 0.342 e. The molecule has 0 aliphatic carbocycles. The van der Waals surface area contributed by atoms with Gasteiger partial charge >= 0.3 is 23.9 Å². The molecule has 2 nitrogen and oxygen atoms in total. The highest BCUT2D eigenvalue weighted by atomic mass is 19.4. The molecule has 0 aromatic heterocycles. The summed E-state index contributed by atoms with van der Waals surface area (Å²) in [6.45, 7) is 2.91. The van der Waals surface area contributed by atoms with Crippen LogP contribution >= 0.6 is 0 Å². The average molecular weight is 359 g/mol. The number of halogens is 9. The summed E-state index contributed by atoms with van der Waals surface area (Å²) in [5, 5.41) is 0. The van der Waals surface area contributed by atoms with Crippen LogP contribution in [0.3, 0.4) is 0 Å². The SMILES string of the molecule is C=CC(=O)N(C)CCC(C)C(F)(F)C(F)(F)C(F)(F)C(F)(F)F. The fraction of sp³-hybridized carbons (Fsp3) is 0.750. The second-order valence-electron chi connectivity index (χ2n) is 4.92. The van der Waals surface area contributed by atoms with Crippen LogP contribution in [-0.4, -0.2) is 48.3 Å². The summed E-state index contributed by atoms with van der Waals surface area (Å²) < 4.78 is 115. The molecular formula is C12H14F9NO. The maximum atomic E-state index is 13.5. The lowest BCUT2D eigenvalue weighted by Crippen LogP contribution is -2.62. The van der Waals surface area contributed by atoms with Crippen molar-refractivity contribution in [2.75, 3.05) is 13.6 Å². The molecule has 0 fully saturated rings. The van der Waals surface area contributed by atoms with E-state index in [2.05, 4.69) is 6.58 Å². The summed E-state index contributed by atoms with van der Waals surface area (Å²) in [6.07, 6.45) is -6.98. The molecule has 0 aliphatic rings. The van der Waals surface area contributed by atoms with Gasteiger partial charge in [0.05, 0.1) is 0 Å². The summed E-state index contributed by atoms with van der Waals surface area (Å²) in [5.74, 6) is -22.5. The van der Waals surface area contributed by atoms with E-state index in [1.54, 1.807) is 0 Å². The van der Waals surface area contributed by atoms with Gasteiger partial charge in [-0.2, -0.15) is 39.5 Å². The number of amides is 1. The highest BCUT2D eigenvalue weighted by Crippen LogP contribution is 2.55. The molecule has 23 heavy (non-hydrogen) atoms. The van der Waals surface area contributed by atoms with Crippen molar-refractivity contribution in [2.45, 2.75) is 37.3 Å². The minimum absolute atomic E-state index is 0.395. The molecule has 0 bridgehead atoms. The van der Waals surface area contributed by atoms with Crippen molar-refractivity contribution in [3.05, 3.63) is 12.7 Å². The van der Waals surface area contributed by atoms with E-state index in [-0.39, 0.29) is 0 Å². The van der Waals surface area contributed by atoms with Gasteiger partial charge in [0.2, 0.25) is 5.91 Å². The van der Waals surface area contributed by atoms with E-state index in [4.69, 9.17) is 0 Å². The lowest BCUT2D eigenvalue weighted by molar-refractivity contribution is -0.402. The molecule has 11 heteroatoms. The molecule has 1 atom stereocenters. The molecule has 0 saturated heterocycles. The number of hydrogen-bond acceptors (Lipinski definition) is 1. The van der Waals surface area contributed by atoms with E-state index >= 15 is 0 Å². The Balaban J connectivity index is 5.30. The van der Waals surface area contributed by atoms with Crippen molar-refractivity contribution in [1.82, 2.24) is 4.90 Å². The molecule has 1 amide bonds. The van der Waals surface area contributed by atoms with E-state index in [1.165, 1.54) is 0 Å². The second kappa shape index (κ2) is 6.60. The third-order valence-corrected chi connectivity index (χ3v) is 3.24. The molecule has 0 heterocycles. The first-order valence-electron chi connectivity index (χ1n) is 6.11. The number of rotatable bonds is 7. The molecule has 0 rings (SSSR count). The predicted molar refractivity (Wildman–Crippen MR) is 62.5 cm³/mol. The topological polar surface area (TPSA) is 20.3 Å². The van der Waals surface area contributed by atoms with Crippen LogP contribution in [0, 0.1) is 5.92 Å². The number of nitrogens with zero attached hydrogens (tertiary/aromatic N) is 1. The van der Waals surface area contributed by atoms with Crippen LogP contribution in [0.4, 0.5) is 39.5 Å². The van der Waals surface area contributed by atoms with Crippen molar-refractivity contribution in [1.29, 1.82) is 0 Å². The fourth-order valence-corrected chi connectivity index (χ4v) is 1.53. The van der Waals surface area contributed by atoms with Crippen LogP contribution in [-0.2, 0) is 4.79 Å². The maximum Gasteiger partial charge on any atom is 0.460 e. The molecular weight excluding hydrogens is 345 g/mol. The zero-order chi connectivity index (χ0) is 18.9. The van der Waals surface area contributed by atoms with Gasteiger partial charge in [-0.3, -0.25) is 4.79 Å². The molecule has 0 N–H and O–H groups in total. The van der Waals surface area contributed by atoms with Crippen LogP contribution in [0.25, 0.3) is 0 Å². The molecule has 0 saturated carbocycles. The normalized spacial score (nSPS) is 15.3. The lowest BCUT2D eigenvalue weighted by Gasteiger charge is -2.36. The monoisotopic (exact) mass is 359 g/mol. The summed E-state index contributed by atoms with van der Waals surface area (Å²) in [6, 6.07) is 0. The van der Waals surface area contributed by atoms with Gasteiger partial charge in [-0.15, -0.1) is 0 Å². The highest BCUT2D eigenvalue weighted by Gasteiger charge is 2.82. The average Bonchev–Trinajstić information content (AvgIpc) is 2.41. The zero-order valence-electron chi connectivity index (χ0n) is 12.0. The number of carbonyl (C=O) groups is 1. The Morgan fingerprint density at radius 3 is 1.83 bits per heavy atom. The molecule has 0 spiro atoms. The molecule has 1 unspecified atom stereocenters. The summed E-state index contributed by atoms with van der Waals surface area (Å²) >= 11 is 0. The molecule has 0 aromatic rings. The Morgan fingerprint density at radius 1 is 1.04 bits per heavy atom. The Kier molecular flexibility index (Phi) is 6.19. The van der Waals surface area contributed by atoms with Gasteiger partial charge in [0.1, 0.15) is 0 Å². The number of hydrogen-bond donors (Lipinski definition) is 0. The van der Waals surface area contributed by atoms with Gasteiger partial charge in [-0.1, -0.05) is 13.5 Å². The third-order valence-electron chi connectivity index (χ3n) is 3.24. The Bertz CT molecular complexity index is 444. The Labute approximate surface area is 125 Å². The standard InChI is InChI=1S/C12H14F9NO/c1-4-8(23)22(3)6-5-7(2)9(13,14)10(15,16)11(17,18)12(19,20)21/h4,7H,1,5-6H2,2-3H3.